The molecule has 2 aromatic carbocycles. The quantitative estimate of drug-likeness (QED) is 0.602. The predicted molar refractivity (Wildman–Crippen MR) is 95.5 cm³/mol. The molecule has 25 heavy (non-hydrogen) atoms. The Morgan fingerprint density at radius 3 is 2.20 bits per heavy atom. The Morgan fingerprint density at radius 2 is 1.68 bits per heavy atom. The highest BCUT2D eigenvalue weighted by Gasteiger charge is 2.06. The molecule has 0 aliphatic rings. The molecular weight excluding hydrogens is 342 g/mol. The molecule has 0 atom stereocenters. The summed E-state index contributed by atoms with van der Waals surface area (Å²) in [5, 5.41) is 0. The van der Waals surface area contributed by atoms with E-state index in [-0.39, 0.29) is 10.9 Å². The van der Waals surface area contributed by atoms with Crippen molar-refractivity contribution in [3.05, 3.63) is 65.7 Å². The highest BCUT2D eigenvalue weighted by molar-refractivity contribution is 7.85. The number of hydrogen-bond acceptors (Lipinski definition) is 5. The van der Waals surface area contributed by atoms with Gasteiger partial charge in [0, 0.05) is 6.42 Å². The third-order valence-corrected chi connectivity index (χ3v) is 4.01. The molecule has 2 aromatic rings. The highest BCUT2D eigenvalue weighted by atomic mass is 32.2. The summed E-state index contributed by atoms with van der Waals surface area (Å²) in [6.07, 6.45) is 1.09. The molecule has 3 N–H and O–H groups in total. The monoisotopic (exact) mass is 365 g/mol. The third-order valence-electron chi connectivity index (χ3n) is 3.15. The fraction of sp³-hybridized carbons (Fsp3) is 0.278. The van der Waals surface area contributed by atoms with Crippen molar-refractivity contribution in [1.29, 1.82) is 0 Å². The fourth-order valence-corrected chi connectivity index (χ4v) is 2.25. The van der Waals surface area contributed by atoms with Crippen molar-refractivity contribution in [2.75, 3.05) is 6.54 Å². The van der Waals surface area contributed by atoms with Crippen LogP contribution >= 0.6 is 0 Å². The van der Waals surface area contributed by atoms with Crippen LogP contribution in [0.1, 0.15) is 24.0 Å². The molecule has 7 heteroatoms. The predicted octanol–water partition coefficient (Wildman–Crippen LogP) is 2.71. The lowest BCUT2D eigenvalue weighted by molar-refractivity contribution is -0.145. The number of hydrogen-bond donors (Lipinski definition) is 2. The molecule has 0 spiro atoms. The van der Waals surface area contributed by atoms with Crippen LogP contribution in [0.15, 0.2) is 59.5 Å². The van der Waals surface area contributed by atoms with E-state index in [4.69, 9.17) is 15.0 Å². The smallest absolute Gasteiger partial charge is 0.306 e. The van der Waals surface area contributed by atoms with Crippen molar-refractivity contribution in [3.63, 3.8) is 0 Å². The first-order valence-electron chi connectivity index (χ1n) is 7.76. The number of carbonyl (C=O) groups is 1. The zero-order valence-corrected chi connectivity index (χ0v) is 14.9. The fourth-order valence-electron chi connectivity index (χ4n) is 1.77. The summed E-state index contributed by atoms with van der Waals surface area (Å²) < 4.78 is 34.6. The van der Waals surface area contributed by atoms with E-state index in [9.17, 15) is 13.2 Å². The summed E-state index contributed by atoms with van der Waals surface area (Å²) in [5.41, 5.74) is 7.24. The van der Waals surface area contributed by atoms with E-state index < -0.39 is 10.1 Å². The molecule has 0 aliphatic heterocycles. The zero-order chi connectivity index (χ0) is 18.7. The second kappa shape index (κ2) is 10.6. The molecule has 6 nitrogen and oxygen atoms in total. The van der Waals surface area contributed by atoms with Crippen molar-refractivity contribution in [2.45, 2.75) is 31.3 Å². The Morgan fingerprint density at radius 1 is 1.08 bits per heavy atom. The van der Waals surface area contributed by atoms with Crippen LogP contribution in [-0.2, 0) is 26.3 Å². The van der Waals surface area contributed by atoms with Crippen molar-refractivity contribution in [2.24, 2.45) is 5.73 Å². The Labute approximate surface area is 148 Å². The summed E-state index contributed by atoms with van der Waals surface area (Å²) in [7, 11) is -4.02. The Hall–Kier alpha value is -2.22. The highest BCUT2D eigenvalue weighted by Crippen LogP contribution is 2.08. The van der Waals surface area contributed by atoms with Gasteiger partial charge in [-0.25, -0.2) is 0 Å². The van der Waals surface area contributed by atoms with Gasteiger partial charge in [0.25, 0.3) is 10.1 Å². The third kappa shape index (κ3) is 8.99. The number of benzene rings is 2. The molecule has 136 valence electrons. The largest absolute Gasteiger partial charge is 0.461 e. The van der Waals surface area contributed by atoms with Crippen LogP contribution in [0.3, 0.4) is 0 Å². The van der Waals surface area contributed by atoms with Gasteiger partial charge in [0.2, 0.25) is 0 Å². The minimum Gasteiger partial charge on any atom is -0.461 e. The number of carbonyl (C=O) groups excluding carboxylic acids is 1. The number of nitrogens with two attached hydrogens (primary N) is 1. The maximum Gasteiger partial charge on any atom is 0.306 e. The number of esters is 1. The lowest BCUT2D eigenvalue weighted by atomic mass is 10.2. The first-order chi connectivity index (χ1) is 11.8. The van der Waals surface area contributed by atoms with Crippen LogP contribution in [0, 0.1) is 6.92 Å². The topological polar surface area (TPSA) is 107 Å². The number of ether oxygens (including phenoxy) is 1. The molecule has 0 saturated heterocycles. The molecule has 0 bridgehead atoms. The zero-order valence-electron chi connectivity index (χ0n) is 14.1. The average molecular weight is 365 g/mol. The summed E-state index contributed by atoms with van der Waals surface area (Å²) in [6, 6.07) is 15.6. The molecule has 0 unspecified atom stereocenters. The minimum atomic E-state index is -4.02. The molecule has 2 rings (SSSR count). The first kappa shape index (κ1) is 20.8. The van der Waals surface area contributed by atoms with Crippen molar-refractivity contribution in [1.82, 2.24) is 0 Å². The Balaban J connectivity index is 0.000000257. The van der Waals surface area contributed by atoms with Gasteiger partial charge < -0.3 is 10.5 Å². The van der Waals surface area contributed by atoms with Crippen molar-refractivity contribution in [3.8, 4) is 0 Å². The van der Waals surface area contributed by atoms with Crippen molar-refractivity contribution < 1.29 is 22.5 Å². The van der Waals surface area contributed by atoms with Gasteiger partial charge in [-0.1, -0.05) is 48.0 Å². The second-order valence-corrected chi connectivity index (χ2v) is 6.75. The molecular formula is C18H23NO5S. The van der Waals surface area contributed by atoms with Gasteiger partial charge in [-0.05, 0) is 37.6 Å². The average Bonchev–Trinajstić information content (AvgIpc) is 2.59. The van der Waals surface area contributed by atoms with Gasteiger partial charge >= 0.3 is 5.97 Å². The van der Waals surface area contributed by atoms with Crippen LogP contribution in [-0.4, -0.2) is 25.5 Å². The second-order valence-electron chi connectivity index (χ2n) is 5.33. The molecule has 0 aromatic heterocycles. The van der Waals surface area contributed by atoms with Gasteiger partial charge in [-0.15, -0.1) is 0 Å². The summed E-state index contributed by atoms with van der Waals surface area (Å²) in [6.45, 7) is 2.72. The Bertz CT molecular complexity index is 743. The normalized spacial score (nSPS) is 10.5. The maximum absolute atomic E-state index is 11.1. The van der Waals surface area contributed by atoms with E-state index in [1.165, 1.54) is 12.1 Å². The van der Waals surface area contributed by atoms with E-state index in [2.05, 4.69) is 0 Å². The SMILES string of the molecule is Cc1ccc(S(=O)(=O)O)cc1.NCCCC(=O)OCc1ccccc1. The van der Waals surface area contributed by atoms with Crippen molar-refractivity contribution >= 4 is 16.1 Å². The van der Waals surface area contributed by atoms with E-state index in [1.807, 2.05) is 37.3 Å². The van der Waals surface area contributed by atoms with Crippen LogP contribution in [0.4, 0.5) is 0 Å². The lowest BCUT2D eigenvalue weighted by Crippen LogP contribution is -2.07. The van der Waals surface area contributed by atoms with Crippen LogP contribution < -0.4 is 5.73 Å². The number of rotatable bonds is 6. The van der Waals surface area contributed by atoms with Gasteiger partial charge in [-0.2, -0.15) is 8.42 Å². The van der Waals surface area contributed by atoms with Crippen LogP contribution in [0.2, 0.25) is 0 Å². The Kier molecular flexibility index (Phi) is 8.83. The molecule has 0 fully saturated rings. The van der Waals surface area contributed by atoms with E-state index in [0.717, 1.165) is 11.1 Å². The van der Waals surface area contributed by atoms with E-state index in [0.29, 0.717) is 26.0 Å². The van der Waals surface area contributed by atoms with Gasteiger partial charge in [0.1, 0.15) is 6.61 Å². The minimum absolute atomic E-state index is 0.0666. The van der Waals surface area contributed by atoms with Crippen LogP contribution in [0.25, 0.3) is 0 Å². The van der Waals surface area contributed by atoms with Gasteiger partial charge in [-0.3, -0.25) is 9.35 Å². The summed E-state index contributed by atoms with van der Waals surface area (Å²) in [5.74, 6) is -0.181. The van der Waals surface area contributed by atoms with Gasteiger partial charge in [0.05, 0.1) is 4.90 Å². The number of aryl methyl sites for hydroxylation is 1. The van der Waals surface area contributed by atoms with Gasteiger partial charge in [0.15, 0.2) is 0 Å². The maximum atomic E-state index is 11.1. The standard InChI is InChI=1S/C11H15NO2.C7H8O3S/c12-8-4-7-11(13)14-9-10-5-2-1-3-6-10;1-6-2-4-7(5-3-6)11(8,9)10/h1-3,5-6H,4,7-9,12H2;2-5H,1H3,(H,8,9,10). The molecule has 0 saturated carbocycles. The summed E-state index contributed by atoms with van der Waals surface area (Å²) in [4.78, 5) is 11.0. The summed E-state index contributed by atoms with van der Waals surface area (Å²) >= 11 is 0. The molecule has 0 aliphatic carbocycles. The lowest BCUT2D eigenvalue weighted by Gasteiger charge is -2.03. The van der Waals surface area contributed by atoms with E-state index >= 15 is 0 Å². The molecule has 0 radical (unpaired) electrons. The molecule has 0 heterocycles. The van der Waals surface area contributed by atoms with Crippen LogP contribution in [0.5, 0.6) is 0 Å². The van der Waals surface area contributed by atoms with E-state index in [1.54, 1.807) is 12.1 Å². The first-order valence-corrected chi connectivity index (χ1v) is 9.20. The molecule has 0 amide bonds.